The van der Waals surface area contributed by atoms with E-state index in [-0.39, 0.29) is 24.2 Å². The second kappa shape index (κ2) is 10.3. The molecule has 1 fully saturated rings. The van der Waals surface area contributed by atoms with Crippen LogP contribution in [0.3, 0.4) is 0 Å². The fourth-order valence-electron chi connectivity index (χ4n) is 4.42. The average Bonchev–Trinajstić information content (AvgIpc) is 3.30. The molecule has 2 aliphatic heterocycles. The lowest BCUT2D eigenvalue weighted by molar-refractivity contribution is 0.0948. The smallest absolute Gasteiger partial charge is 0.256 e. The number of rotatable bonds is 5. The number of carbonyl (C=O) groups excluding carboxylic acids is 2. The lowest BCUT2D eigenvalue weighted by Gasteiger charge is -2.34. The molecule has 0 saturated carbocycles. The zero-order valence-corrected chi connectivity index (χ0v) is 20.1. The molecule has 0 unspecified atom stereocenters. The Morgan fingerprint density at radius 1 is 0.917 bits per heavy atom. The molecule has 2 amide bonds. The lowest BCUT2D eigenvalue weighted by atomic mass is 10.0. The van der Waals surface area contributed by atoms with E-state index in [1.807, 2.05) is 30.3 Å². The molecule has 0 aromatic heterocycles. The summed E-state index contributed by atoms with van der Waals surface area (Å²) in [5.74, 6) is -0.485. The van der Waals surface area contributed by atoms with Crippen molar-refractivity contribution in [3.63, 3.8) is 0 Å². The maximum Gasteiger partial charge on any atom is 0.256 e. The first kappa shape index (κ1) is 23.7. The van der Waals surface area contributed by atoms with Gasteiger partial charge in [-0.15, -0.1) is 0 Å². The number of benzene rings is 3. The predicted molar refractivity (Wildman–Crippen MR) is 138 cm³/mol. The first-order valence-corrected chi connectivity index (χ1v) is 12.0. The van der Waals surface area contributed by atoms with Gasteiger partial charge in [0.1, 0.15) is 11.7 Å². The van der Waals surface area contributed by atoms with Gasteiger partial charge < -0.3 is 20.4 Å². The van der Waals surface area contributed by atoms with Gasteiger partial charge >= 0.3 is 0 Å². The number of hydrogen-bond acceptors (Lipinski definition) is 5. The van der Waals surface area contributed by atoms with Gasteiger partial charge in [-0.05, 0) is 55.1 Å². The van der Waals surface area contributed by atoms with E-state index in [1.54, 1.807) is 30.3 Å². The molecular weight excluding hydrogens is 457 g/mol. The summed E-state index contributed by atoms with van der Waals surface area (Å²) in [7, 11) is 2.12. The number of likely N-dealkylation sites (N-methyl/N-ethyl adjacent to an activating group) is 1. The van der Waals surface area contributed by atoms with Crippen LogP contribution in [-0.2, 0) is 13.1 Å². The minimum Gasteiger partial charge on any atom is -0.369 e. The number of amides is 2. The second-order valence-corrected chi connectivity index (χ2v) is 9.10. The van der Waals surface area contributed by atoms with Crippen LogP contribution in [0.1, 0.15) is 37.4 Å². The average molecular weight is 486 g/mol. The van der Waals surface area contributed by atoms with Crippen LogP contribution >= 0.6 is 0 Å². The van der Waals surface area contributed by atoms with E-state index < -0.39 is 0 Å². The number of amidine groups is 1. The number of nitrogens with one attached hydrogen (secondary N) is 2. The summed E-state index contributed by atoms with van der Waals surface area (Å²) in [6, 6.07) is 19.2. The van der Waals surface area contributed by atoms with Crippen molar-refractivity contribution in [3.8, 4) is 0 Å². The van der Waals surface area contributed by atoms with E-state index in [2.05, 4.69) is 32.5 Å². The van der Waals surface area contributed by atoms with Crippen LogP contribution in [0.2, 0.25) is 0 Å². The van der Waals surface area contributed by atoms with Gasteiger partial charge in [-0.1, -0.05) is 24.3 Å². The molecule has 0 atom stereocenters. The fourth-order valence-corrected chi connectivity index (χ4v) is 4.42. The molecule has 0 spiro atoms. The Hall–Kier alpha value is -4.04. The van der Waals surface area contributed by atoms with E-state index in [1.165, 1.54) is 6.07 Å². The first-order chi connectivity index (χ1) is 17.5. The zero-order valence-electron chi connectivity index (χ0n) is 20.1. The predicted octanol–water partition coefficient (Wildman–Crippen LogP) is 3.20. The maximum atomic E-state index is 13.9. The topological polar surface area (TPSA) is 77.0 Å². The number of nitrogens with zero attached hydrogens (tertiary/aromatic N) is 3. The Morgan fingerprint density at radius 2 is 1.64 bits per heavy atom. The minimum atomic E-state index is -0.361. The van der Waals surface area contributed by atoms with Crippen LogP contribution in [0.4, 0.5) is 10.1 Å². The number of anilines is 1. The van der Waals surface area contributed by atoms with Crippen LogP contribution in [0.15, 0.2) is 71.7 Å². The van der Waals surface area contributed by atoms with Gasteiger partial charge in [0.2, 0.25) is 0 Å². The molecule has 2 N–H and O–H groups in total. The molecule has 3 aromatic carbocycles. The largest absolute Gasteiger partial charge is 0.369 e. The first-order valence-electron chi connectivity index (χ1n) is 12.0. The van der Waals surface area contributed by atoms with Crippen LogP contribution in [0.5, 0.6) is 0 Å². The molecule has 0 radical (unpaired) electrons. The molecule has 184 valence electrons. The summed E-state index contributed by atoms with van der Waals surface area (Å²) in [6.07, 6.45) is 0. The minimum absolute atomic E-state index is 0.0877. The number of piperazine rings is 1. The van der Waals surface area contributed by atoms with E-state index in [0.717, 1.165) is 43.0 Å². The highest BCUT2D eigenvalue weighted by Crippen LogP contribution is 2.21. The van der Waals surface area contributed by atoms with Crippen molar-refractivity contribution in [2.24, 2.45) is 4.99 Å². The van der Waals surface area contributed by atoms with Gasteiger partial charge in [-0.3, -0.25) is 14.6 Å². The molecular formula is C28H28FN5O2. The summed E-state index contributed by atoms with van der Waals surface area (Å²) >= 11 is 0. The standard InChI is InChI=1S/C28H28FN5O2/c1-33-12-14-34(15-13-33)23-10-8-19(9-11-23)28(36)32-26-24-16-20(6-7-21(24)17-30-26)27(35)31-18-22-4-2-3-5-25(22)29/h2-11,16H,12-15,17-18H2,1H3,(H,31,35)(H,30,32,36). The maximum absolute atomic E-state index is 13.9. The summed E-state index contributed by atoms with van der Waals surface area (Å²) in [4.78, 5) is 34.7. The Balaban J connectivity index is 1.23. The fraction of sp³-hybridized carbons (Fsp3) is 0.250. The van der Waals surface area contributed by atoms with Gasteiger partial charge in [-0.2, -0.15) is 0 Å². The lowest BCUT2D eigenvalue weighted by Crippen LogP contribution is -2.44. The molecule has 2 aliphatic rings. The van der Waals surface area contributed by atoms with Crippen molar-refractivity contribution >= 4 is 23.3 Å². The highest BCUT2D eigenvalue weighted by atomic mass is 19.1. The van der Waals surface area contributed by atoms with Crippen molar-refractivity contribution in [1.82, 2.24) is 15.5 Å². The van der Waals surface area contributed by atoms with Crippen LogP contribution in [0, 0.1) is 5.82 Å². The normalized spacial score (nSPS) is 15.3. The molecule has 8 heteroatoms. The monoisotopic (exact) mass is 485 g/mol. The zero-order chi connectivity index (χ0) is 25.1. The molecule has 0 bridgehead atoms. The number of hydrogen-bond donors (Lipinski definition) is 2. The highest BCUT2D eigenvalue weighted by molar-refractivity contribution is 6.15. The van der Waals surface area contributed by atoms with Crippen LogP contribution < -0.4 is 15.5 Å². The van der Waals surface area contributed by atoms with Crippen molar-refractivity contribution in [2.45, 2.75) is 13.1 Å². The third-order valence-corrected chi connectivity index (χ3v) is 6.66. The SMILES string of the molecule is CN1CCN(c2ccc(C(=O)NC3=NCc4ccc(C(=O)NCc5ccccc5F)cc43)cc2)CC1. The van der Waals surface area contributed by atoms with Gasteiger partial charge in [-0.25, -0.2) is 4.39 Å². The number of fused-ring (bicyclic) bond motifs is 1. The van der Waals surface area contributed by atoms with Gasteiger partial charge in [0.15, 0.2) is 0 Å². The number of carbonyl (C=O) groups is 2. The molecule has 1 saturated heterocycles. The Kier molecular flexibility index (Phi) is 6.77. The van der Waals surface area contributed by atoms with E-state index in [9.17, 15) is 14.0 Å². The van der Waals surface area contributed by atoms with Gasteiger partial charge in [0.05, 0.1) is 6.54 Å². The molecule has 0 aliphatic carbocycles. The molecule has 5 rings (SSSR count). The summed E-state index contributed by atoms with van der Waals surface area (Å²) < 4.78 is 13.9. The molecule has 7 nitrogen and oxygen atoms in total. The van der Waals surface area contributed by atoms with Crippen molar-refractivity contribution in [1.29, 1.82) is 0 Å². The third-order valence-electron chi connectivity index (χ3n) is 6.66. The van der Waals surface area contributed by atoms with E-state index >= 15 is 0 Å². The molecule has 2 heterocycles. The summed E-state index contributed by atoms with van der Waals surface area (Å²) in [5, 5.41) is 5.65. The number of halogens is 1. The van der Waals surface area contributed by atoms with Gasteiger partial charge in [0.25, 0.3) is 11.8 Å². The van der Waals surface area contributed by atoms with Crippen molar-refractivity contribution < 1.29 is 14.0 Å². The van der Waals surface area contributed by atoms with E-state index in [0.29, 0.717) is 29.1 Å². The van der Waals surface area contributed by atoms with Crippen molar-refractivity contribution in [3.05, 3.63) is 100 Å². The van der Waals surface area contributed by atoms with Crippen molar-refractivity contribution in [2.75, 3.05) is 38.1 Å². The molecule has 3 aromatic rings. The van der Waals surface area contributed by atoms with Crippen LogP contribution in [-0.4, -0.2) is 55.8 Å². The Labute approximate surface area is 209 Å². The Bertz CT molecular complexity index is 1310. The Morgan fingerprint density at radius 3 is 2.39 bits per heavy atom. The summed E-state index contributed by atoms with van der Waals surface area (Å²) in [5.41, 5.74) is 4.14. The summed E-state index contributed by atoms with van der Waals surface area (Å²) in [6.45, 7) is 4.49. The molecule has 36 heavy (non-hydrogen) atoms. The van der Waals surface area contributed by atoms with Crippen LogP contribution in [0.25, 0.3) is 0 Å². The quantitative estimate of drug-likeness (QED) is 0.582. The highest BCUT2D eigenvalue weighted by Gasteiger charge is 2.21. The number of aliphatic imine (C=N–C) groups is 1. The second-order valence-electron chi connectivity index (χ2n) is 9.10. The van der Waals surface area contributed by atoms with E-state index in [4.69, 9.17) is 0 Å². The third kappa shape index (κ3) is 5.13. The van der Waals surface area contributed by atoms with Gasteiger partial charge in [0, 0.05) is 60.7 Å².